The van der Waals surface area contributed by atoms with Gasteiger partial charge in [-0.3, -0.25) is 4.98 Å². The first-order valence-electron chi connectivity index (χ1n) is 9.69. The summed E-state index contributed by atoms with van der Waals surface area (Å²) in [6, 6.07) is 7.00. The fourth-order valence-electron chi connectivity index (χ4n) is 3.08. The first kappa shape index (κ1) is 24.7. The van der Waals surface area contributed by atoms with Crippen LogP contribution in [0.4, 0.5) is 26.3 Å². The molecule has 0 bridgehead atoms. The average Bonchev–Trinajstić information content (AvgIpc) is 3.14. The van der Waals surface area contributed by atoms with Crippen LogP contribution in [0.15, 0.2) is 36.5 Å². The van der Waals surface area contributed by atoms with E-state index in [9.17, 15) is 26.3 Å². The summed E-state index contributed by atoms with van der Waals surface area (Å²) in [5.74, 6) is 0. The van der Waals surface area contributed by atoms with Crippen LogP contribution in [-0.4, -0.2) is 16.6 Å². The lowest BCUT2D eigenvalue weighted by Gasteiger charge is -2.19. The van der Waals surface area contributed by atoms with Gasteiger partial charge in [-0.25, -0.2) is 4.98 Å². The maximum Gasteiger partial charge on any atom is 0.433 e. The number of aromatic nitrogens is 2. The summed E-state index contributed by atoms with van der Waals surface area (Å²) in [7, 11) is 0. The van der Waals surface area contributed by atoms with Crippen molar-refractivity contribution in [2.45, 2.75) is 38.7 Å². The number of rotatable bonds is 6. The standard InChI is InChI=1S/C22H17F6N3OS/c1-3-8-32-18(13-4-5-14(10-29)16(9-13)21(23,24)25)19-12(2)31-20(33-19)15-6-7-17(30-11-15)22(26,27)28/h4-7,9,11,18H,3,8H2,1-2H3. The molecule has 0 saturated heterocycles. The molecule has 3 aromatic rings. The smallest absolute Gasteiger partial charge is 0.368 e. The maximum absolute atomic E-state index is 13.5. The van der Waals surface area contributed by atoms with Crippen LogP contribution in [0, 0.1) is 18.3 Å². The van der Waals surface area contributed by atoms with Gasteiger partial charge < -0.3 is 4.74 Å². The van der Waals surface area contributed by atoms with E-state index in [-0.39, 0.29) is 12.2 Å². The SMILES string of the molecule is CCCOC(c1ccc(C#N)c(C(F)(F)F)c1)c1sc(-c2ccc(C(F)(F)F)nc2)nc1C. The first-order valence-corrected chi connectivity index (χ1v) is 10.5. The molecule has 2 heterocycles. The number of ether oxygens (including phenoxy) is 1. The molecule has 1 unspecified atom stereocenters. The van der Waals surface area contributed by atoms with Crippen LogP contribution < -0.4 is 0 Å². The monoisotopic (exact) mass is 485 g/mol. The molecule has 11 heteroatoms. The molecule has 0 fully saturated rings. The number of benzene rings is 1. The molecule has 0 aliphatic rings. The molecule has 1 atom stereocenters. The topological polar surface area (TPSA) is 58.8 Å². The predicted molar refractivity (Wildman–Crippen MR) is 109 cm³/mol. The summed E-state index contributed by atoms with van der Waals surface area (Å²) < 4.78 is 84.6. The summed E-state index contributed by atoms with van der Waals surface area (Å²) >= 11 is 1.10. The van der Waals surface area contributed by atoms with E-state index in [2.05, 4.69) is 9.97 Å². The average molecular weight is 485 g/mol. The summed E-state index contributed by atoms with van der Waals surface area (Å²) in [6.07, 6.45) is -8.54. The van der Waals surface area contributed by atoms with Gasteiger partial charge >= 0.3 is 12.4 Å². The zero-order valence-corrected chi connectivity index (χ0v) is 18.2. The predicted octanol–water partition coefficient (Wildman–Crippen LogP) is 6.94. The van der Waals surface area contributed by atoms with Gasteiger partial charge in [0.25, 0.3) is 0 Å². The zero-order valence-electron chi connectivity index (χ0n) is 17.4. The molecule has 2 aromatic heterocycles. The third-order valence-electron chi connectivity index (χ3n) is 4.63. The van der Waals surface area contributed by atoms with E-state index in [0.29, 0.717) is 27.6 Å². The van der Waals surface area contributed by atoms with E-state index < -0.39 is 35.3 Å². The van der Waals surface area contributed by atoms with Gasteiger partial charge in [-0.1, -0.05) is 13.0 Å². The van der Waals surface area contributed by atoms with Gasteiger partial charge in [0.05, 0.1) is 27.8 Å². The molecule has 0 amide bonds. The van der Waals surface area contributed by atoms with Gasteiger partial charge in [-0.05, 0) is 43.2 Å². The highest BCUT2D eigenvalue weighted by Gasteiger charge is 2.35. The van der Waals surface area contributed by atoms with Crippen molar-refractivity contribution in [3.63, 3.8) is 0 Å². The number of hydrogen-bond donors (Lipinski definition) is 0. The van der Waals surface area contributed by atoms with Crippen molar-refractivity contribution in [2.24, 2.45) is 0 Å². The molecule has 0 radical (unpaired) electrons. The van der Waals surface area contributed by atoms with Crippen LogP contribution in [-0.2, 0) is 17.1 Å². The minimum atomic E-state index is -4.73. The number of thiazole rings is 1. The molecule has 0 aliphatic heterocycles. The van der Waals surface area contributed by atoms with Gasteiger partial charge in [0, 0.05) is 18.4 Å². The molecular formula is C22H17F6N3OS. The Morgan fingerprint density at radius 3 is 2.36 bits per heavy atom. The minimum absolute atomic E-state index is 0.193. The van der Waals surface area contributed by atoms with E-state index in [1.807, 2.05) is 6.92 Å². The third-order valence-corrected chi connectivity index (χ3v) is 5.88. The quantitative estimate of drug-likeness (QED) is 0.355. The molecule has 33 heavy (non-hydrogen) atoms. The lowest BCUT2D eigenvalue weighted by Crippen LogP contribution is -2.12. The van der Waals surface area contributed by atoms with Crippen LogP contribution in [0.5, 0.6) is 0 Å². The lowest BCUT2D eigenvalue weighted by molar-refractivity contribution is -0.141. The van der Waals surface area contributed by atoms with Gasteiger partial charge in [0.1, 0.15) is 16.8 Å². The van der Waals surface area contributed by atoms with Crippen molar-refractivity contribution in [3.8, 4) is 16.6 Å². The van der Waals surface area contributed by atoms with Gasteiger partial charge in [-0.2, -0.15) is 31.6 Å². The van der Waals surface area contributed by atoms with Crippen molar-refractivity contribution in [1.29, 1.82) is 5.26 Å². The number of hydrogen-bond acceptors (Lipinski definition) is 5. The molecule has 0 aliphatic carbocycles. The van der Waals surface area contributed by atoms with Gasteiger partial charge in [-0.15, -0.1) is 11.3 Å². The number of nitriles is 1. The molecule has 0 spiro atoms. The Hall–Kier alpha value is -2.97. The number of aryl methyl sites for hydroxylation is 1. The van der Waals surface area contributed by atoms with Crippen LogP contribution in [0.1, 0.15) is 52.4 Å². The van der Waals surface area contributed by atoms with E-state index in [1.54, 1.807) is 13.0 Å². The number of pyridine rings is 1. The number of nitrogens with zero attached hydrogens (tertiary/aromatic N) is 3. The van der Waals surface area contributed by atoms with Crippen molar-refractivity contribution in [3.05, 3.63) is 69.5 Å². The van der Waals surface area contributed by atoms with Crippen molar-refractivity contribution < 1.29 is 31.1 Å². The van der Waals surface area contributed by atoms with Crippen LogP contribution in [0.2, 0.25) is 0 Å². The van der Waals surface area contributed by atoms with E-state index in [4.69, 9.17) is 10.00 Å². The van der Waals surface area contributed by atoms with Crippen molar-refractivity contribution in [2.75, 3.05) is 6.61 Å². The molecule has 3 rings (SSSR count). The summed E-state index contributed by atoms with van der Waals surface area (Å²) in [5, 5.41) is 9.41. The molecular weight excluding hydrogens is 468 g/mol. The van der Waals surface area contributed by atoms with Crippen LogP contribution >= 0.6 is 11.3 Å². The lowest BCUT2D eigenvalue weighted by atomic mass is 9.99. The minimum Gasteiger partial charge on any atom is -0.368 e. The Labute approximate surface area is 189 Å². The normalized spacial score (nSPS) is 13.1. The Bertz CT molecular complexity index is 1160. The van der Waals surface area contributed by atoms with E-state index in [0.717, 1.165) is 35.7 Å². The molecule has 0 saturated carbocycles. The highest BCUT2D eigenvalue weighted by molar-refractivity contribution is 7.15. The summed E-state index contributed by atoms with van der Waals surface area (Å²) in [5.41, 5.74) is -1.61. The Morgan fingerprint density at radius 1 is 1.09 bits per heavy atom. The summed E-state index contributed by atoms with van der Waals surface area (Å²) in [4.78, 5) is 8.32. The first-order chi connectivity index (χ1) is 15.5. The zero-order chi connectivity index (χ0) is 24.4. The van der Waals surface area contributed by atoms with Crippen molar-refractivity contribution >= 4 is 11.3 Å². The van der Waals surface area contributed by atoms with E-state index >= 15 is 0 Å². The fraction of sp³-hybridized carbons (Fsp3) is 0.318. The Kier molecular flexibility index (Phi) is 7.09. The highest BCUT2D eigenvalue weighted by Crippen LogP contribution is 2.40. The fourth-order valence-corrected chi connectivity index (χ4v) is 4.21. The van der Waals surface area contributed by atoms with Gasteiger partial charge in [0.15, 0.2) is 0 Å². The van der Waals surface area contributed by atoms with Gasteiger partial charge in [0.2, 0.25) is 0 Å². The second-order valence-electron chi connectivity index (χ2n) is 7.06. The number of alkyl halides is 6. The molecule has 4 nitrogen and oxygen atoms in total. The summed E-state index contributed by atoms with van der Waals surface area (Å²) in [6.45, 7) is 3.74. The maximum atomic E-state index is 13.5. The molecule has 174 valence electrons. The van der Waals surface area contributed by atoms with Crippen LogP contribution in [0.25, 0.3) is 10.6 Å². The van der Waals surface area contributed by atoms with E-state index in [1.165, 1.54) is 12.1 Å². The molecule has 0 N–H and O–H groups in total. The second-order valence-corrected chi connectivity index (χ2v) is 8.09. The van der Waals surface area contributed by atoms with Crippen molar-refractivity contribution in [1.82, 2.24) is 9.97 Å². The second kappa shape index (κ2) is 9.49. The van der Waals surface area contributed by atoms with Crippen LogP contribution in [0.3, 0.4) is 0 Å². The molecule has 1 aromatic carbocycles. The Morgan fingerprint density at radius 2 is 1.82 bits per heavy atom. The largest absolute Gasteiger partial charge is 0.433 e. The Balaban J connectivity index is 2.05. The number of halogens is 6. The third kappa shape index (κ3) is 5.51. The highest BCUT2D eigenvalue weighted by atomic mass is 32.1.